The number of benzene rings is 2. The maximum Gasteiger partial charge on any atom is 0.270 e. The number of ether oxygens (including phenoxy) is 1. The molecule has 0 saturated carbocycles. The number of phenols is 1. The third-order valence-corrected chi connectivity index (χ3v) is 5.26. The van der Waals surface area contributed by atoms with Crippen molar-refractivity contribution >= 4 is 51.7 Å². The van der Waals surface area contributed by atoms with Gasteiger partial charge in [-0.2, -0.15) is 0 Å². The predicted octanol–water partition coefficient (Wildman–Crippen LogP) is 3.87. The van der Waals surface area contributed by atoms with Crippen LogP contribution >= 0.6 is 24.0 Å². The standard InChI is InChI=1S/C19H18N2O3S2/c1-20(2)13-7-9-14(10-8-13)21-18(23)16(26-19(21)25)11-12-5-4-6-15(24-3)17(12)22/h4-11,22H,1-3H3/b16-11-. The molecule has 0 atom stereocenters. The molecule has 1 saturated heterocycles. The van der Waals surface area contributed by atoms with Crippen LogP contribution in [0.4, 0.5) is 11.4 Å². The molecule has 2 aromatic carbocycles. The number of thioether (sulfide) groups is 1. The number of anilines is 2. The number of nitrogens with zero attached hydrogens (tertiary/aromatic N) is 2. The fraction of sp³-hybridized carbons (Fsp3) is 0.158. The highest BCUT2D eigenvalue weighted by Crippen LogP contribution is 2.38. The molecule has 3 rings (SSSR count). The molecule has 7 heteroatoms. The first kappa shape index (κ1) is 18.3. The van der Waals surface area contributed by atoms with E-state index < -0.39 is 0 Å². The summed E-state index contributed by atoms with van der Waals surface area (Å²) >= 11 is 6.60. The van der Waals surface area contributed by atoms with E-state index in [1.54, 1.807) is 24.3 Å². The molecule has 1 aliphatic rings. The zero-order chi connectivity index (χ0) is 18.8. The number of carbonyl (C=O) groups is 1. The number of aromatic hydroxyl groups is 1. The van der Waals surface area contributed by atoms with Crippen LogP contribution < -0.4 is 14.5 Å². The fourth-order valence-electron chi connectivity index (χ4n) is 2.55. The number of phenolic OH excluding ortho intramolecular Hbond substituents is 1. The highest BCUT2D eigenvalue weighted by Gasteiger charge is 2.33. The number of methoxy groups -OCH3 is 1. The Morgan fingerprint density at radius 3 is 2.50 bits per heavy atom. The van der Waals surface area contributed by atoms with Gasteiger partial charge in [0.1, 0.15) is 0 Å². The summed E-state index contributed by atoms with van der Waals surface area (Å²) in [6, 6.07) is 12.7. The SMILES string of the molecule is COc1cccc(/C=C2\SC(=S)N(c3ccc(N(C)C)cc3)C2=O)c1O. The van der Waals surface area contributed by atoms with Gasteiger partial charge < -0.3 is 14.7 Å². The minimum absolute atomic E-state index is 0.00407. The van der Waals surface area contributed by atoms with Gasteiger partial charge in [-0.15, -0.1) is 0 Å². The van der Waals surface area contributed by atoms with Crippen molar-refractivity contribution in [3.63, 3.8) is 0 Å². The fourth-order valence-corrected chi connectivity index (χ4v) is 3.84. The summed E-state index contributed by atoms with van der Waals surface area (Å²) < 4.78 is 5.57. The van der Waals surface area contributed by atoms with Crippen molar-refractivity contribution in [2.24, 2.45) is 0 Å². The van der Waals surface area contributed by atoms with Gasteiger partial charge >= 0.3 is 0 Å². The first-order valence-electron chi connectivity index (χ1n) is 7.83. The lowest BCUT2D eigenvalue weighted by Crippen LogP contribution is -2.27. The van der Waals surface area contributed by atoms with Gasteiger partial charge in [0.25, 0.3) is 5.91 Å². The first-order valence-corrected chi connectivity index (χ1v) is 9.06. The molecule has 0 unspecified atom stereocenters. The molecule has 0 radical (unpaired) electrons. The van der Waals surface area contributed by atoms with Gasteiger partial charge in [0.15, 0.2) is 15.8 Å². The minimum Gasteiger partial charge on any atom is -0.504 e. The Morgan fingerprint density at radius 2 is 1.88 bits per heavy atom. The Hall–Kier alpha value is -2.51. The molecular weight excluding hydrogens is 368 g/mol. The quantitative estimate of drug-likeness (QED) is 0.636. The van der Waals surface area contributed by atoms with Crippen molar-refractivity contribution < 1.29 is 14.6 Å². The normalized spacial score (nSPS) is 15.7. The van der Waals surface area contributed by atoms with Gasteiger partial charge in [-0.25, -0.2) is 0 Å². The minimum atomic E-state index is -0.208. The highest BCUT2D eigenvalue weighted by atomic mass is 32.2. The van der Waals surface area contributed by atoms with Crippen LogP contribution in [-0.4, -0.2) is 36.5 Å². The maximum atomic E-state index is 12.8. The summed E-state index contributed by atoms with van der Waals surface area (Å²) in [6.45, 7) is 0. The topological polar surface area (TPSA) is 53.0 Å². The molecule has 5 nitrogen and oxygen atoms in total. The van der Waals surface area contributed by atoms with Crippen molar-refractivity contribution in [3.8, 4) is 11.5 Å². The summed E-state index contributed by atoms with van der Waals surface area (Å²) in [5.74, 6) is 0.143. The van der Waals surface area contributed by atoms with Crippen LogP contribution in [0.25, 0.3) is 6.08 Å². The average Bonchev–Trinajstić information content (AvgIpc) is 2.90. The summed E-state index contributed by atoms with van der Waals surface area (Å²) in [6.07, 6.45) is 1.63. The Kier molecular flexibility index (Phi) is 5.20. The third kappa shape index (κ3) is 3.40. The number of hydrogen-bond donors (Lipinski definition) is 1. The number of thiocarbonyl (C=S) groups is 1. The number of para-hydroxylation sites is 1. The highest BCUT2D eigenvalue weighted by molar-refractivity contribution is 8.27. The van der Waals surface area contributed by atoms with E-state index >= 15 is 0 Å². The Balaban J connectivity index is 1.92. The zero-order valence-corrected chi connectivity index (χ0v) is 16.2. The van der Waals surface area contributed by atoms with Gasteiger partial charge in [-0.1, -0.05) is 36.1 Å². The van der Waals surface area contributed by atoms with Gasteiger partial charge in [0.05, 0.1) is 17.7 Å². The van der Waals surface area contributed by atoms with Crippen LogP contribution in [0, 0.1) is 0 Å². The van der Waals surface area contributed by atoms with Crippen LogP contribution in [0.2, 0.25) is 0 Å². The molecule has 0 aromatic heterocycles. The van der Waals surface area contributed by atoms with E-state index in [0.717, 1.165) is 11.4 Å². The third-order valence-electron chi connectivity index (χ3n) is 3.95. The molecule has 0 aliphatic carbocycles. The van der Waals surface area contributed by atoms with Crippen LogP contribution in [0.15, 0.2) is 47.4 Å². The summed E-state index contributed by atoms with van der Waals surface area (Å²) in [5, 5.41) is 10.2. The van der Waals surface area contributed by atoms with Gasteiger partial charge in [0, 0.05) is 25.3 Å². The molecule has 1 heterocycles. The van der Waals surface area contributed by atoms with E-state index in [0.29, 0.717) is 20.5 Å². The number of rotatable bonds is 4. The monoisotopic (exact) mass is 386 g/mol. The van der Waals surface area contributed by atoms with E-state index in [1.807, 2.05) is 43.3 Å². The molecule has 1 amide bonds. The molecule has 1 aliphatic heterocycles. The van der Waals surface area contributed by atoms with E-state index in [1.165, 1.54) is 23.8 Å². The number of amides is 1. The zero-order valence-electron chi connectivity index (χ0n) is 14.6. The second-order valence-electron chi connectivity index (χ2n) is 5.83. The molecule has 134 valence electrons. The lowest BCUT2D eigenvalue weighted by atomic mass is 10.1. The molecule has 1 fully saturated rings. The predicted molar refractivity (Wildman–Crippen MR) is 111 cm³/mol. The first-order chi connectivity index (χ1) is 12.4. The average molecular weight is 386 g/mol. The van der Waals surface area contributed by atoms with Crippen molar-refractivity contribution in [2.45, 2.75) is 0 Å². The lowest BCUT2D eigenvalue weighted by molar-refractivity contribution is -0.113. The van der Waals surface area contributed by atoms with Crippen molar-refractivity contribution in [1.29, 1.82) is 0 Å². The van der Waals surface area contributed by atoms with Crippen molar-refractivity contribution in [1.82, 2.24) is 0 Å². The molecular formula is C19H18N2O3S2. The maximum absolute atomic E-state index is 12.8. The summed E-state index contributed by atoms with van der Waals surface area (Å²) in [7, 11) is 5.39. The number of hydrogen-bond acceptors (Lipinski definition) is 6. The second-order valence-corrected chi connectivity index (χ2v) is 7.50. The summed E-state index contributed by atoms with van der Waals surface area (Å²) in [4.78, 5) is 16.8. The second kappa shape index (κ2) is 7.39. The molecule has 26 heavy (non-hydrogen) atoms. The molecule has 0 bridgehead atoms. The van der Waals surface area contributed by atoms with E-state index in [2.05, 4.69) is 0 Å². The van der Waals surface area contributed by atoms with Crippen LogP contribution in [0.5, 0.6) is 11.5 Å². The van der Waals surface area contributed by atoms with Gasteiger partial charge in [-0.3, -0.25) is 9.69 Å². The Labute approximate surface area is 161 Å². The van der Waals surface area contributed by atoms with E-state index in [-0.39, 0.29) is 11.7 Å². The molecule has 1 N–H and O–H groups in total. The van der Waals surface area contributed by atoms with Crippen LogP contribution in [-0.2, 0) is 4.79 Å². The van der Waals surface area contributed by atoms with Crippen molar-refractivity contribution in [2.75, 3.05) is 31.0 Å². The van der Waals surface area contributed by atoms with Gasteiger partial charge in [-0.05, 0) is 36.4 Å². The van der Waals surface area contributed by atoms with Gasteiger partial charge in [0.2, 0.25) is 0 Å². The van der Waals surface area contributed by atoms with Crippen LogP contribution in [0.1, 0.15) is 5.56 Å². The van der Waals surface area contributed by atoms with E-state index in [9.17, 15) is 9.90 Å². The van der Waals surface area contributed by atoms with Crippen LogP contribution in [0.3, 0.4) is 0 Å². The molecule has 2 aromatic rings. The smallest absolute Gasteiger partial charge is 0.270 e. The number of carbonyl (C=O) groups excluding carboxylic acids is 1. The largest absolute Gasteiger partial charge is 0.504 e. The van der Waals surface area contributed by atoms with Crippen molar-refractivity contribution in [3.05, 3.63) is 52.9 Å². The summed E-state index contributed by atoms with van der Waals surface area (Å²) in [5.41, 5.74) is 2.26. The Bertz CT molecular complexity index is 892. The molecule has 0 spiro atoms. The van der Waals surface area contributed by atoms with E-state index in [4.69, 9.17) is 17.0 Å². The Morgan fingerprint density at radius 1 is 1.19 bits per heavy atom. The lowest BCUT2D eigenvalue weighted by Gasteiger charge is -2.17.